The Labute approximate surface area is 171 Å². The van der Waals surface area contributed by atoms with Crippen molar-refractivity contribution in [2.45, 2.75) is 72.1 Å². The number of pyridine rings is 1. The number of hydrogen-bond donors (Lipinski definition) is 2. The maximum absolute atomic E-state index is 5.96. The molecular weight excluding hydrogens is 350 g/mol. The summed E-state index contributed by atoms with van der Waals surface area (Å²) in [5.41, 5.74) is 1.14. The Kier molecular flexibility index (Phi) is 9.55. The van der Waals surface area contributed by atoms with Gasteiger partial charge in [0.25, 0.3) is 0 Å². The van der Waals surface area contributed by atoms with Crippen LogP contribution < -0.4 is 15.4 Å². The number of piperidine rings is 1. The van der Waals surface area contributed by atoms with Crippen LogP contribution in [0.3, 0.4) is 0 Å². The van der Waals surface area contributed by atoms with Gasteiger partial charge in [-0.2, -0.15) is 0 Å². The summed E-state index contributed by atoms with van der Waals surface area (Å²) >= 11 is 0. The molecule has 1 aromatic heterocycles. The normalized spacial score (nSPS) is 17.6. The molecule has 0 bridgehead atoms. The molecule has 2 rings (SSSR count). The van der Waals surface area contributed by atoms with Crippen molar-refractivity contribution in [3.05, 3.63) is 23.9 Å². The van der Waals surface area contributed by atoms with E-state index < -0.39 is 0 Å². The fraction of sp³-hybridized carbons (Fsp3) is 0.727. The molecule has 6 nitrogen and oxygen atoms in total. The predicted octanol–water partition coefficient (Wildman–Crippen LogP) is 3.43. The van der Waals surface area contributed by atoms with E-state index in [4.69, 9.17) is 4.74 Å². The summed E-state index contributed by atoms with van der Waals surface area (Å²) in [6.45, 7) is 13.0. The fourth-order valence-corrected chi connectivity index (χ4v) is 3.73. The molecule has 2 N–H and O–H groups in total. The molecule has 2 heterocycles. The highest BCUT2D eigenvalue weighted by Gasteiger charge is 2.19. The van der Waals surface area contributed by atoms with Gasteiger partial charge >= 0.3 is 0 Å². The Morgan fingerprint density at radius 2 is 2.07 bits per heavy atom. The standard InChI is InChI=1S/C22H39N5O/c1-6-11-27-12-8-20(9-13-27)26-22(23-5)25-16-19-7-10-24-21(15-19)28-18(4)14-17(2)3/h7,10,15,17-18,20H,6,8-9,11-14,16H2,1-5H3,(H2,23,25,26). The average Bonchev–Trinajstić information content (AvgIpc) is 2.66. The maximum Gasteiger partial charge on any atom is 0.213 e. The fourth-order valence-electron chi connectivity index (χ4n) is 3.73. The third-order valence-electron chi connectivity index (χ3n) is 5.08. The monoisotopic (exact) mass is 389 g/mol. The molecule has 1 atom stereocenters. The molecule has 0 saturated carbocycles. The number of aromatic nitrogens is 1. The number of hydrogen-bond acceptors (Lipinski definition) is 4. The third-order valence-corrected chi connectivity index (χ3v) is 5.08. The van der Waals surface area contributed by atoms with Crippen LogP contribution in [0.5, 0.6) is 5.88 Å². The molecule has 1 fully saturated rings. The summed E-state index contributed by atoms with van der Waals surface area (Å²) in [6, 6.07) is 4.52. The summed E-state index contributed by atoms with van der Waals surface area (Å²) in [4.78, 5) is 11.3. The van der Waals surface area contributed by atoms with E-state index in [1.807, 2.05) is 25.4 Å². The van der Waals surface area contributed by atoms with Crippen LogP contribution in [0.1, 0.15) is 58.9 Å². The van der Waals surface area contributed by atoms with Gasteiger partial charge < -0.3 is 20.3 Å². The number of aliphatic imine (C=N–C) groups is 1. The zero-order valence-corrected chi connectivity index (χ0v) is 18.4. The van der Waals surface area contributed by atoms with Crippen LogP contribution in [-0.4, -0.2) is 54.7 Å². The Bertz CT molecular complexity index is 596. The van der Waals surface area contributed by atoms with Crippen molar-refractivity contribution < 1.29 is 4.74 Å². The molecule has 28 heavy (non-hydrogen) atoms. The number of guanidine groups is 1. The minimum Gasteiger partial charge on any atom is -0.475 e. The Morgan fingerprint density at radius 1 is 1.32 bits per heavy atom. The summed E-state index contributed by atoms with van der Waals surface area (Å²) < 4.78 is 5.96. The van der Waals surface area contributed by atoms with Crippen LogP contribution in [0.25, 0.3) is 0 Å². The van der Waals surface area contributed by atoms with Crippen LogP contribution >= 0.6 is 0 Å². The first-order valence-electron chi connectivity index (χ1n) is 10.8. The van der Waals surface area contributed by atoms with Gasteiger partial charge in [-0.25, -0.2) is 4.98 Å². The molecule has 1 unspecified atom stereocenters. The third kappa shape index (κ3) is 8.05. The van der Waals surface area contributed by atoms with Crippen LogP contribution in [-0.2, 0) is 6.54 Å². The van der Waals surface area contributed by atoms with E-state index in [1.165, 1.54) is 38.9 Å². The SMILES string of the molecule is CCCN1CCC(NC(=NC)NCc2ccnc(OC(C)CC(C)C)c2)CC1. The minimum absolute atomic E-state index is 0.170. The lowest BCUT2D eigenvalue weighted by molar-refractivity contribution is 0.185. The zero-order chi connectivity index (χ0) is 20.4. The molecule has 0 amide bonds. The number of likely N-dealkylation sites (tertiary alicyclic amines) is 1. The van der Waals surface area contributed by atoms with E-state index in [0.717, 1.165) is 17.9 Å². The van der Waals surface area contributed by atoms with Crippen LogP contribution in [0, 0.1) is 5.92 Å². The zero-order valence-electron chi connectivity index (χ0n) is 18.4. The molecule has 1 saturated heterocycles. The Morgan fingerprint density at radius 3 is 2.71 bits per heavy atom. The highest BCUT2D eigenvalue weighted by molar-refractivity contribution is 5.79. The van der Waals surface area contributed by atoms with Crippen molar-refractivity contribution in [2.75, 3.05) is 26.7 Å². The smallest absolute Gasteiger partial charge is 0.213 e. The first-order valence-corrected chi connectivity index (χ1v) is 10.8. The topological polar surface area (TPSA) is 61.8 Å². The van der Waals surface area contributed by atoms with Gasteiger partial charge in [0.05, 0.1) is 6.10 Å². The van der Waals surface area contributed by atoms with Gasteiger partial charge in [0, 0.05) is 45.0 Å². The van der Waals surface area contributed by atoms with Crippen molar-refractivity contribution in [3.63, 3.8) is 0 Å². The number of nitrogens with zero attached hydrogens (tertiary/aromatic N) is 3. The van der Waals surface area contributed by atoms with E-state index in [2.05, 4.69) is 53.2 Å². The second kappa shape index (κ2) is 11.9. The van der Waals surface area contributed by atoms with Crippen LogP contribution in [0.15, 0.2) is 23.3 Å². The number of rotatable bonds is 9. The first kappa shape index (κ1) is 22.5. The second-order valence-corrected chi connectivity index (χ2v) is 8.25. The summed E-state index contributed by atoms with van der Waals surface area (Å²) in [7, 11) is 1.83. The summed E-state index contributed by atoms with van der Waals surface area (Å²) in [6.07, 6.45) is 6.58. The van der Waals surface area contributed by atoms with Gasteiger partial charge in [-0.05, 0) is 56.7 Å². The van der Waals surface area contributed by atoms with Crippen molar-refractivity contribution in [3.8, 4) is 5.88 Å². The minimum atomic E-state index is 0.170. The predicted molar refractivity (Wildman–Crippen MR) is 117 cm³/mol. The average molecular weight is 390 g/mol. The highest BCUT2D eigenvalue weighted by Crippen LogP contribution is 2.15. The van der Waals surface area contributed by atoms with E-state index >= 15 is 0 Å². The van der Waals surface area contributed by atoms with E-state index in [1.54, 1.807) is 0 Å². The van der Waals surface area contributed by atoms with Gasteiger partial charge in [-0.15, -0.1) is 0 Å². The van der Waals surface area contributed by atoms with Crippen molar-refractivity contribution in [1.82, 2.24) is 20.5 Å². The summed E-state index contributed by atoms with van der Waals surface area (Å²) in [5, 5.41) is 7.00. The second-order valence-electron chi connectivity index (χ2n) is 8.25. The maximum atomic E-state index is 5.96. The lowest BCUT2D eigenvalue weighted by atomic mass is 10.1. The molecule has 0 aliphatic carbocycles. The molecule has 0 radical (unpaired) electrons. The lowest BCUT2D eigenvalue weighted by Crippen LogP contribution is -2.48. The molecule has 1 aliphatic rings. The highest BCUT2D eigenvalue weighted by atomic mass is 16.5. The Hall–Kier alpha value is -1.82. The largest absolute Gasteiger partial charge is 0.475 e. The van der Waals surface area contributed by atoms with Gasteiger partial charge in [0.2, 0.25) is 5.88 Å². The van der Waals surface area contributed by atoms with Crippen molar-refractivity contribution in [1.29, 1.82) is 0 Å². The number of ether oxygens (including phenoxy) is 1. The Balaban J connectivity index is 1.79. The summed E-state index contributed by atoms with van der Waals surface area (Å²) in [5.74, 6) is 2.17. The van der Waals surface area contributed by atoms with Crippen LogP contribution in [0.4, 0.5) is 0 Å². The molecule has 158 valence electrons. The first-order chi connectivity index (χ1) is 13.5. The quantitative estimate of drug-likeness (QED) is 0.500. The van der Waals surface area contributed by atoms with Crippen LogP contribution in [0.2, 0.25) is 0 Å². The van der Waals surface area contributed by atoms with Gasteiger partial charge in [0.1, 0.15) is 0 Å². The van der Waals surface area contributed by atoms with Crippen molar-refractivity contribution in [2.24, 2.45) is 10.9 Å². The van der Waals surface area contributed by atoms with E-state index in [9.17, 15) is 0 Å². The molecular formula is C22H39N5O. The van der Waals surface area contributed by atoms with Gasteiger partial charge in [0.15, 0.2) is 5.96 Å². The molecule has 6 heteroatoms. The van der Waals surface area contributed by atoms with Gasteiger partial charge in [-0.3, -0.25) is 4.99 Å². The van der Waals surface area contributed by atoms with E-state index in [0.29, 0.717) is 24.4 Å². The van der Waals surface area contributed by atoms with Gasteiger partial charge in [-0.1, -0.05) is 20.8 Å². The lowest BCUT2D eigenvalue weighted by Gasteiger charge is -2.32. The van der Waals surface area contributed by atoms with Crippen molar-refractivity contribution >= 4 is 5.96 Å². The molecule has 1 aliphatic heterocycles. The number of nitrogens with one attached hydrogen (secondary N) is 2. The molecule has 1 aromatic rings. The van der Waals surface area contributed by atoms with E-state index in [-0.39, 0.29) is 6.10 Å². The molecule has 0 aromatic carbocycles. The molecule has 0 spiro atoms.